The van der Waals surface area contributed by atoms with Gasteiger partial charge >= 0.3 is 0 Å². The maximum atomic E-state index is 11.7. The van der Waals surface area contributed by atoms with Gasteiger partial charge in [-0.05, 0) is 30.9 Å². The lowest BCUT2D eigenvalue weighted by Crippen LogP contribution is -2.23. The molecule has 1 aromatic heterocycles. The molecule has 0 bridgehead atoms. The van der Waals surface area contributed by atoms with Crippen LogP contribution in [-0.4, -0.2) is 36.4 Å². The fourth-order valence-corrected chi connectivity index (χ4v) is 1.85. The van der Waals surface area contributed by atoms with E-state index in [1.807, 2.05) is 12.1 Å². The second-order valence-corrected chi connectivity index (χ2v) is 4.81. The molecule has 92 valence electrons. The average Bonchev–Trinajstić information content (AvgIpc) is 2.26. The maximum absolute atomic E-state index is 11.7. The van der Waals surface area contributed by atoms with Crippen molar-refractivity contribution in [2.75, 3.05) is 26.0 Å². The molecular formula is C13H19N3O. The fourth-order valence-electron chi connectivity index (χ4n) is 1.85. The Morgan fingerprint density at radius 2 is 2.29 bits per heavy atom. The predicted octanol–water partition coefficient (Wildman–Crippen LogP) is 2.00. The summed E-state index contributed by atoms with van der Waals surface area (Å²) in [6.45, 7) is 1.000. The summed E-state index contributed by atoms with van der Waals surface area (Å²) >= 11 is 0. The van der Waals surface area contributed by atoms with Crippen LogP contribution in [0.2, 0.25) is 0 Å². The van der Waals surface area contributed by atoms with E-state index in [1.54, 1.807) is 20.3 Å². The number of amides is 1. The van der Waals surface area contributed by atoms with Crippen LogP contribution in [0.4, 0.5) is 5.69 Å². The van der Waals surface area contributed by atoms with Gasteiger partial charge in [0.25, 0.3) is 5.91 Å². The molecule has 1 fully saturated rings. The first-order valence-electron chi connectivity index (χ1n) is 6.08. The number of carbonyl (C=O) groups is 1. The molecule has 0 spiro atoms. The van der Waals surface area contributed by atoms with E-state index in [9.17, 15) is 4.79 Å². The third-order valence-corrected chi connectivity index (χ3v) is 3.20. The standard InChI is InChI=1S/C13H19N3O/c1-16(2)13(17)12-8-11(6-7-14-12)15-9-10-4-3-5-10/h6-8,10H,3-5,9H2,1-2H3,(H,14,15). The number of pyridine rings is 1. The summed E-state index contributed by atoms with van der Waals surface area (Å²) in [5.41, 5.74) is 1.48. The zero-order valence-corrected chi connectivity index (χ0v) is 10.4. The van der Waals surface area contributed by atoms with Crippen molar-refractivity contribution in [3.63, 3.8) is 0 Å². The van der Waals surface area contributed by atoms with Crippen molar-refractivity contribution in [3.8, 4) is 0 Å². The SMILES string of the molecule is CN(C)C(=O)c1cc(NCC2CCC2)ccn1. The zero-order valence-electron chi connectivity index (χ0n) is 10.4. The number of aromatic nitrogens is 1. The largest absolute Gasteiger partial charge is 0.385 e. The summed E-state index contributed by atoms with van der Waals surface area (Å²) in [6.07, 6.45) is 5.68. The van der Waals surface area contributed by atoms with Crippen molar-refractivity contribution in [2.24, 2.45) is 5.92 Å². The number of nitrogens with one attached hydrogen (secondary N) is 1. The van der Waals surface area contributed by atoms with Crippen LogP contribution in [0.5, 0.6) is 0 Å². The lowest BCUT2D eigenvalue weighted by atomic mass is 9.85. The molecule has 1 aliphatic carbocycles. The molecule has 0 atom stereocenters. The van der Waals surface area contributed by atoms with E-state index in [0.29, 0.717) is 5.69 Å². The van der Waals surface area contributed by atoms with Crippen molar-refractivity contribution in [1.82, 2.24) is 9.88 Å². The van der Waals surface area contributed by atoms with Crippen molar-refractivity contribution in [2.45, 2.75) is 19.3 Å². The molecule has 17 heavy (non-hydrogen) atoms. The first kappa shape index (κ1) is 11.9. The van der Waals surface area contributed by atoms with Crippen molar-refractivity contribution < 1.29 is 4.79 Å². The number of nitrogens with zero attached hydrogens (tertiary/aromatic N) is 2. The number of hydrogen-bond acceptors (Lipinski definition) is 3. The third-order valence-electron chi connectivity index (χ3n) is 3.20. The van der Waals surface area contributed by atoms with Gasteiger partial charge in [0.2, 0.25) is 0 Å². The summed E-state index contributed by atoms with van der Waals surface area (Å²) in [4.78, 5) is 17.4. The molecule has 0 radical (unpaired) electrons. The van der Waals surface area contributed by atoms with E-state index in [-0.39, 0.29) is 5.91 Å². The Labute approximate surface area is 102 Å². The molecule has 0 unspecified atom stereocenters. The highest BCUT2D eigenvalue weighted by Crippen LogP contribution is 2.26. The van der Waals surface area contributed by atoms with Gasteiger partial charge in [-0.15, -0.1) is 0 Å². The second-order valence-electron chi connectivity index (χ2n) is 4.81. The molecular weight excluding hydrogens is 214 g/mol. The highest BCUT2D eigenvalue weighted by atomic mass is 16.2. The molecule has 2 rings (SSSR count). The molecule has 1 saturated carbocycles. The average molecular weight is 233 g/mol. The van der Waals surface area contributed by atoms with Gasteiger partial charge in [0.1, 0.15) is 5.69 Å². The Morgan fingerprint density at radius 1 is 1.53 bits per heavy atom. The van der Waals surface area contributed by atoms with Crippen molar-refractivity contribution >= 4 is 11.6 Å². The van der Waals surface area contributed by atoms with Crippen LogP contribution in [0.1, 0.15) is 29.8 Å². The Hall–Kier alpha value is -1.58. The monoisotopic (exact) mass is 233 g/mol. The van der Waals surface area contributed by atoms with Gasteiger partial charge in [0.15, 0.2) is 0 Å². The van der Waals surface area contributed by atoms with E-state index in [4.69, 9.17) is 0 Å². The first-order valence-corrected chi connectivity index (χ1v) is 6.08. The van der Waals surface area contributed by atoms with Crippen LogP contribution in [0.15, 0.2) is 18.3 Å². The Balaban J connectivity index is 1.97. The lowest BCUT2D eigenvalue weighted by molar-refractivity contribution is 0.0822. The molecule has 0 saturated heterocycles. The Kier molecular flexibility index (Phi) is 3.61. The molecule has 4 heteroatoms. The van der Waals surface area contributed by atoms with Gasteiger partial charge in [-0.25, -0.2) is 0 Å². The van der Waals surface area contributed by atoms with E-state index < -0.39 is 0 Å². The van der Waals surface area contributed by atoms with Crippen LogP contribution in [0.25, 0.3) is 0 Å². The molecule has 1 amide bonds. The third kappa shape index (κ3) is 2.96. The smallest absolute Gasteiger partial charge is 0.272 e. The van der Waals surface area contributed by atoms with Crippen LogP contribution in [-0.2, 0) is 0 Å². The van der Waals surface area contributed by atoms with Crippen LogP contribution < -0.4 is 5.32 Å². The summed E-state index contributed by atoms with van der Waals surface area (Å²) in [7, 11) is 3.47. The maximum Gasteiger partial charge on any atom is 0.272 e. The minimum atomic E-state index is -0.0581. The van der Waals surface area contributed by atoms with Crippen LogP contribution >= 0.6 is 0 Å². The quantitative estimate of drug-likeness (QED) is 0.865. The van der Waals surface area contributed by atoms with E-state index in [2.05, 4.69) is 10.3 Å². The van der Waals surface area contributed by atoms with Gasteiger partial charge < -0.3 is 10.2 Å². The highest BCUT2D eigenvalue weighted by Gasteiger charge is 2.17. The first-order chi connectivity index (χ1) is 8.16. The topological polar surface area (TPSA) is 45.2 Å². The Morgan fingerprint density at radius 3 is 2.88 bits per heavy atom. The number of anilines is 1. The predicted molar refractivity (Wildman–Crippen MR) is 68.1 cm³/mol. The molecule has 1 N–H and O–H groups in total. The van der Waals surface area contributed by atoms with Crippen LogP contribution in [0.3, 0.4) is 0 Å². The van der Waals surface area contributed by atoms with Gasteiger partial charge in [0, 0.05) is 32.5 Å². The zero-order chi connectivity index (χ0) is 12.3. The molecule has 1 aromatic rings. The second kappa shape index (κ2) is 5.17. The summed E-state index contributed by atoms with van der Waals surface area (Å²) in [5.74, 6) is 0.744. The van der Waals surface area contributed by atoms with Crippen LogP contribution in [0, 0.1) is 5.92 Å². The molecule has 0 aromatic carbocycles. The van der Waals surface area contributed by atoms with E-state index in [0.717, 1.165) is 18.2 Å². The summed E-state index contributed by atoms with van der Waals surface area (Å²) < 4.78 is 0. The summed E-state index contributed by atoms with van der Waals surface area (Å²) in [5, 5.41) is 3.37. The van der Waals surface area contributed by atoms with E-state index in [1.165, 1.54) is 24.2 Å². The van der Waals surface area contributed by atoms with E-state index >= 15 is 0 Å². The lowest BCUT2D eigenvalue weighted by Gasteiger charge is -2.25. The minimum absolute atomic E-state index is 0.0581. The van der Waals surface area contributed by atoms with Gasteiger partial charge in [0.05, 0.1) is 0 Å². The Bertz CT molecular complexity index is 399. The highest BCUT2D eigenvalue weighted by molar-refractivity contribution is 5.92. The molecule has 0 aliphatic heterocycles. The normalized spacial score (nSPS) is 15.2. The number of rotatable bonds is 4. The number of carbonyl (C=O) groups excluding carboxylic acids is 1. The van der Waals surface area contributed by atoms with Gasteiger partial charge in [-0.1, -0.05) is 6.42 Å². The molecule has 4 nitrogen and oxygen atoms in total. The molecule has 1 aliphatic rings. The minimum Gasteiger partial charge on any atom is -0.385 e. The van der Waals surface area contributed by atoms with Gasteiger partial charge in [-0.2, -0.15) is 0 Å². The summed E-state index contributed by atoms with van der Waals surface area (Å²) in [6, 6.07) is 3.73. The van der Waals surface area contributed by atoms with Crippen molar-refractivity contribution in [1.29, 1.82) is 0 Å². The fraction of sp³-hybridized carbons (Fsp3) is 0.538. The van der Waals surface area contributed by atoms with Crippen molar-refractivity contribution in [3.05, 3.63) is 24.0 Å². The number of hydrogen-bond donors (Lipinski definition) is 1. The van der Waals surface area contributed by atoms with Gasteiger partial charge in [-0.3, -0.25) is 9.78 Å². The molecule has 1 heterocycles.